The number of carbonyl (C=O) groups excluding carboxylic acids is 2. The maximum Gasteiger partial charge on any atom is 0.244 e. The van der Waals surface area contributed by atoms with E-state index >= 15 is 0 Å². The van der Waals surface area contributed by atoms with E-state index in [9.17, 15) is 18.0 Å². The van der Waals surface area contributed by atoms with Gasteiger partial charge >= 0.3 is 0 Å². The normalized spacial score (nSPS) is 12.5. The van der Waals surface area contributed by atoms with Crippen molar-refractivity contribution in [3.8, 4) is 0 Å². The molecule has 0 bridgehead atoms. The number of rotatable bonds is 10. The second kappa shape index (κ2) is 12.8. The molecule has 0 aromatic heterocycles. The van der Waals surface area contributed by atoms with Crippen molar-refractivity contribution < 1.29 is 18.0 Å². The summed E-state index contributed by atoms with van der Waals surface area (Å²) in [7, 11) is -3.83. The van der Waals surface area contributed by atoms with Crippen LogP contribution in [0.4, 0.5) is 5.69 Å². The highest BCUT2D eigenvalue weighted by Gasteiger charge is 2.34. The van der Waals surface area contributed by atoms with Crippen molar-refractivity contribution in [1.29, 1.82) is 0 Å². The van der Waals surface area contributed by atoms with E-state index in [0.29, 0.717) is 10.2 Å². The van der Waals surface area contributed by atoms with Gasteiger partial charge in [-0.2, -0.15) is 0 Å². The number of hydrogen-bond donors (Lipinski definition) is 1. The minimum Gasteiger partial charge on any atom is -0.350 e. The molecule has 3 aromatic carbocycles. The van der Waals surface area contributed by atoms with Crippen LogP contribution in [0.3, 0.4) is 0 Å². The molecule has 0 saturated heterocycles. The van der Waals surface area contributed by atoms with Crippen LogP contribution in [0.1, 0.15) is 37.5 Å². The lowest BCUT2D eigenvalue weighted by Crippen LogP contribution is -2.56. The molecule has 1 atom stereocenters. The maximum atomic E-state index is 14.1. The number of amides is 2. The zero-order valence-electron chi connectivity index (χ0n) is 23.0. The van der Waals surface area contributed by atoms with Gasteiger partial charge in [0.1, 0.15) is 12.6 Å². The molecule has 2 amide bonds. The lowest BCUT2D eigenvalue weighted by molar-refractivity contribution is -0.140. The lowest BCUT2D eigenvalue weighted by atomic mass is 10.0. The number of carbonyl (C=O) groups is 2. The summed E-state index contributed by atoms with van der Waals surface area (Å²) in [6.45, 7) is 7.31. The van der Waals surface area contributed by atoms with Crippen molar-refractivity contribution in [3.05, 3.63) is 100 Å². The molecular weight excluding hydrogens is 578 g/mol. The fraction of sp³-hybridized carbons (Fsp3) is 0.333. The van der Waals surface area contributed by atoms with E-state index in [1.165, 1.54) is 4.90 Å². The summed E-state index contributed by atoms with van der Waals surface area (Å²) < 4.78 is 27.4. The summed E-state index contributed by atoms with van der Waals surface area (Å²) >= 11 is 3.41. The Hall–Kier alpha value is -3.17. The summed E-state index contributed by atoms with van der Waals surface area (Å²) in [6.07, 6.45) is 1.34. The van der Waals surface area contributed by atoms with Crippen LogP contribution in [-0.2, 0) is 32.6 Å². The topological polar surface area (TPSA) is 86.8 Å². The van der Waals surface area contributed by atoms with Gasteiger partial charge in [-0.15, -0.1) is 0 Å². The molecule has 3 aromatic rings. The van der Waals surface area contributed by atoms with Gasteiger partial charge in [-0.05, 0) is 66.9 Å². The van der Waals surface area contributed by atoms with Crippen molar-refractivity contribution in [2.45, 2.75) is 52.2 Å². The highest BCUT2D eigenvalue weighted by Crippen LogP contribution is 2.28. The van der Waals surface area contributed by atoms with Gasteiger partial charge in [0.05, 0.1) is 11.9 Å². The molecule has 0 aliphatic carbocycles. The van der Waals surface area contributed by atoms with Gasteiger partial charge < -0.3 is 10.2 Å². The summed E-state index contributed by atoms with van der Waals surface area (Å²) in [5.41, 5.74) is 2.61. The van der Waals surface area contributed by atoms with Crippen molar-refractivity contribution in [2.24, 2.45) is 0 Å². The first kappa shape index (κ1) is 30.4. The monoisotopic (exact) mass is 613 g/mol. The fourth-order valence-corrected chi connectivity index (χ4v) is 5.62. The molecule has 1 N–H and O–H groups in total. The van der Waals surface area contributed by atoms with Gasteiger partial charge in [0, 0.05) is 23.0 Å². The van der Waals surface area contributed by atoms with E-state index in [0.717, 1.165) is 27.3 Å². The summed E-state index contributed by atoms with van der Waals surface area (Å²) in [6, 6.07) is 23.2. The number of anilines is 1. The van der Waals surface area contributed by atoms with Crippen LogP contribution in [0.5, 0.6) is 0 Å². The number of halogens is 1. The second-order valence-electron chi connectivity index (χ2n) is 10.7. The molecular formula is C30H36BrN3O4S. The van der Waals surface area contributed by atoms with Crippen molar-refractivity contribution in [3.63, 3.8) is 0 Å². The molecule has 208 valence electrons. The Morgan fingerprint density at radius 3 is 2.05 bits per heavy atom. The molecule has 0 saturated carbocycles. The van der Waals surface area contributed by atoms with Crippen LogP contribution in [-0.4, -0.2) is 49.5 Å². The predicted molar refractivity (Wildman–Crippen MR) is 160 cm³/mol. The van der Waals surface area contributed by atoms with E-state index in [2.05, 4.69) is 21.2 Å². The Labute approximate surface area is 240 Å². The van der Waals surface area contributed by atoms with Gasteiger partial charge in [0.25, 0.3) is 0 Å². The molecule has 0 unspecified atom stereocenters. The SMILES string of the molecule is Cc1ccc(CN(C(=O)CN(c2ccccc2Br)S(C)(=O)=O)[C@@H](Cc2ccccc2)C(=O)NC(C)(C)C)cc1. The maximum absolute atomic E-state index is 14.1. The molecule has 39 heavy (non-hydrogen) atoms. The molecule has 0 aliphatic heterocycles. The fourth-order valence-electron chi connectivity index (χ4n) is 4.15. The van der Waals surface area contributed by atoms with Crippen LogP contribution in [0.2, 0.25) is 0 Å². The molecule has 3 rings (SSSR count). The average molecular weight is 615 g/mol. The van der Waals surface area contributed by atoms with Crippen molar-refractivity contribution in [2.75, 3.05) is 17.1 Å². The predicted octanol–water partition coefficient (Wildman–Crippen LogP) is 5.08. The quantitative estimate of drug-likeness (QED) is 0.345. The molecule has 0 aliphatic rings. The van der Waals surface area contributed by atoms with E-state index < -0.39 is 34.1 Å². The first-order valence-electron chi connectivity index (χ1n) is 12.7. The summed E-state index contributed by atoms with van der Waals surface area (Å²) in [4.78, 5) is 29.3. The first-order chi connectivity index (χ1) is 18.2. The van der Waals surface area contributed by atoms with E-state index in [-0.39, 0.29) is 18.9 Å². The number of benzene rings is 3. The minimum absolute atomic E-state index is 0.141. The largest absolute Gasteiger partial charge is 0.350 e. The minimum atomic E-state index is -3.83. The van der Waals surface area contributed by atoms with E-state index in [1.54, 1.807) is 24.3 Å². The van der Waals surface area contributed by atoms with Gasteiger partial charge in [-0.1, -0.05) is 72.3 Å². The number of nitrogens with zero attached hydrogens (tertiary/aromatic N) is 2. The van der Waals surface area contributed by atoms with Gasteiger partial charge in [0.15, 0.2) is 0 Å². The lowest BCUT2D eigenvalue weighted by Gasteiger charge is -2.35. The van der Waals surface area contributed by atoms with E-state index in [1.807, 2.05) is 82.3 Å². The van der Waals surface area contributed by atoms with Crippen LogP contribution in [0.15, 0.2) is 83.3 Å². The Morgan fingerprint density at radius 1 is 0.897 bits per heavy atom. The molecule has 0 radical (unpaired) electrons. The molecule has 0 spiro atoms. The van der Waals surface area contributed by atoms with Crippen LogP contribution < -0.4 is 9.62 Å². The number of nitrogens with one attached hydrogen (secondary N) is 1. The zero-order chi connectivity index (χ0) is 28.8. The molecule has 0 fully saturated rings. The van der Waals surface area contributed by atoms with Crippen molar-refractivity contribution >= 4 is 43.5 Å². The smallest absolute Gasteiger partial charge is 0.244 e. The number of aryl methyl sites for hydroxylation is 1. The zero-order valence-corrected chi connectivity index (χ0v) is 25.4. The van der Waals surface area contributed by atoms with Gasteiger partial charge in [-0.25, -0.2) is 8.42 Å². The van der Waals surface area contributed by atoms with Crippen LogP contribution >= 0.6 is 15.9 Å². The van der Waals surface area contributed by atoms with Crippen molar-refractivity contribution in [1.82, 2.24) is 10.2 Å². The van der Waals surface area contributed by atoms with Crippen LogP contribution in [0.25, 0.3) is 0 Å². The van der Waals surface area contributed by atoms with Crippen LogP contribution in [0, 0.1) is 6.92 Å². The summed E-state index contributed by atoms with van der Waals surface area (Å²) in [5, 5.41) is 3.02. The third kappa shape index (κ3) is 8.93. The molecule has 7 nitrogen and oxygen atoms in total. The Bertz CT molecular complexity index is 1390. The second-order valence-corrected chi connectivity index (χ2v) is 13.4. The number of hydrogen-bond acceptors (Lipinski definition) is 4. The van der Waals surface area contributed by atoms with Gasteiger partial charge in [-0.3, -0.25) is 13.9 Å². The Morgan fingerprint density at radius 2 is 1.49 bits per heavy atom. The first-order valence-corrected chi connectivity index (χ1v) is 15.3. The highest BCUT2D eigenvalue weighted by atomic mass is 79.9. The summed E-state index contributed by atoms with van der Waals surface area (Å²) in [5.74, 6) is -0.791. The van der Waals surface area contributed by atoms with Gasteiger partial charge in [0.2, 0.25) is 21.8 Å². The number of sulfonamides is 1. The molecule has 9 heteroatoms. The Balaban J connectivity index is 2.08. The highest BCUT2D eigenvalue weighted by molar-refractivity contribution is 9.10. The Kier molecular flexibility index (Phi) is 9.96. The number of para-hydroxylation sites is 1. The third-order valence-corrected chi connectivity index (χ3v) is 7.84. The third-order valence-electron chi connectivity index (χ3n) is 6.04. The van der Waals surface area contributed by atoms with E-state index in [4.69, 9.17) is 0 Å². The molecule has 0 heterocycles. The average Bonchev–Trinajstić information content (AvgIpc) is 2.85. The standard InChI is InChI=1S/C30H36BrN3O4S/c1-22-15-17-24(18-16-22)20-33(27(29(36)32-30(2,3)4)19-23-11-7-6-8-12-23)28(35)21-34(39(5,37)38)26-14-10-9-13-25(26)31/h6-18,27H,19-21H2,1-5H3,(H,32,36)/t27-/m0/s1.